The van der Waals surface area contributed by atoms with Gasteiger partial charge in [-0.15, -0.1) is 0 Å². The van der Waals surface area contributed by atoms with E-state index in [1.165, 1.54) is 11.1 Å². The molecule has 3 heteroatoms. The quantitative estimate of drug-likeness (QED) is 0.362. The van der Waals surface area contributed by atoms with E-state index in [0.717, 1.165) is 18.9 Å². The number of allylic oxidation sites excluding steroid dienone is 9. The summed E-state index contributed by atoms with van der Waals surface area (Å²) in [5.74, 6) is -0.895. The molecule has 0 aliphatic carbocycles. The van der Waals surface area contributed by atoms with Crippen LogP contribution in [0.5, 0.6) is 0 Å². The number of carbonyl (C=O) groups excluding carboxylic acids is 1. The maximum atomic E-state index is 12.0. The molecule has 0 spiro atoms. The van der Waals surface area contributed by atoms with Crippen molar-refractivity contribution in [2.24, 2.45) is 0 Å². The van der Waals surface area contributed by atoms with Gasteiger partial charge >= 0.3 is 5.97 Å². The summed E-state index contributed by atoms with van der Waals surface area (Å²) in [6, 6.07) is 0. The third-order valence-electron chi connectivity index (χ3n) is 3.22. The van der Waals surface area contributed by atoms with E-state index in [2.05, 4.69) is 19.9 Å². The molecule has 0 aliphatic heterocycles. The van der Waals surface area contributed by atoms with Gasteiger partial charge in [-0.05, 0) is 58.6 Å². The molecule has 0 amide bonds. The lowest BCUT2D eigenvalue weighted by molar-refractivity contribution is -0.131. The first-order valence-corrected chi connectivity index (χ1v) is 7.80. The second kappa shape index (κ2) is 11.4. The van der Waals surface area contributed by atoms with Crippen molar-refractivity contribution >= 4 is 11.8 Å². The fraction of sp³-hybridized carbons (Fsp3) is 0.400. The van der Waals surface area contributed by atoms with Crippen molar-refractivity contribution in [1.29, 1.82) is 0 Å². The minimum absolute atomic E-state index is 0.0797. The summed E-state index contributed by atoms with van der Waals surface area (Å²) in [5.41, 5.74) is 3.83. The molecule has 0 aromatic rings. The average molecular weight is 316 g/mol. The molecule has 23 heavy (non-hydrogen) atoms. The minimum atomic E-state index is -0.974. The van der Waals surface area contributed by atoms with E-state index in [9.17, 15) is 9.59 Å². The fourth-order valence-corrected chi connectivity index (χ4v) is 1.80. The fourth-order valence-electron chi connectivity index (χ4n) is 1.80. The molecule has 0 rings (SSSR count). The molecule has 0 saturated carbocycles. The molecule has 0 aliphatic rings. The Morgan fingerprint density at radius 1 is 1.00 bits per heavy atom. The molecule has 0 saturated heterocycles. The van der Waals surface area contributed by atoms with Crippen LogP contribution in [0.25, 0.3) is 0 Å². The molecule has 1 N–H and O–H groups in total. The van der Waals surface area contributed by atoms with Gasteiger partial charge in [0.15, 0.2) is 5.78 Å². The molecular weight excluding hydrogens is 288 g/mol. The molecule has 0 bridgehead atoms. The molecule has 0 aromatic carbocycles. The van der Waals surface area contributed by atoms with Crippen LogP contribution in [0, 0.1) is 0 Å². The molecule has 3 nitrogen and oxygen atoms in total. The van der Waals surface area contributed by atoms with E-state index in [0.29, 0.717) is 17.6 Å². The van der Waals surface area contributed by atoms with Gasteiger partial charge in [0.1, 0.15) is 0 Å². The van der Waals surface area contributed by atoms with Crippen LogP contribution >= 0.6 is 0 Å². The zero-order valence-electron chi connectivity index (χ0n) is 14.8. The normalized spacial score (nSPS) is 13.3. The molecule has 0 fully saturated rings. The van der Waals surface area contributed by atoms with Gasteiger partial charge < -0.3 is 5.11 Å². The highest BCUT2D eigenvalue weighted by atomic mass is 16.4. The summed E-state index contributed by atoms with van der Waals surface area (Å²) >= 11 is 0. The van der Waals surface area contributed by atoms with Crippen LogP contribution in [0.15, 0.2) is 58.7 Å². The number of hydrogen-bond donors (Lipinski definition) is 1. The highest BCUT2D eigenvalue weighted by Crippen LogP contribution is 2.09. The first-order chi connectivity index (χ1) is 10.7. The van der Waals surface area contributed by atoms with Gasteiger partial charge in [-0.25, -0.2) is 4.79 Å². The zero-order valence-corrected chi connectivity index (χ0v) is 14.8. The molecule has 0 aromatic heterocycles. The van der Waals surface area contributed by atoms with Crippen molar-refractivity contribution in [1.82, 2.24) is 0 Å². The Morgan fingerprint density at radius 3 is 2.22 bits per heavy atom. The summed E-state index contributed by atoms with van der Waals surface area (Å²) in [6.07, 6.45) is 12.8. The highest BCUT2D eigenvalue weighted by Gasteiger charge is 2.01. The first-order valence-electron chi connectivity index (χ1n) is 7.80. The zero-order chi connectivity index (χ0) is 17.8. The van der Waals surface area contributed by atoms with Crippen LogP contribution in [0.1, 0.15) is 53.9 Å². The van der Waals surface area contributed by atoms with E-state index in [4.69, 9.17) is 5.11 Å². The summed E-state index contributed by atoms with van der Waals surface area (Å²) in [4.78, 5) is 22.5. The smallest absolute Gasteiger partial charge is 0.328 e. The van der Waals surface area contributed by atoms with E-state index in [1.54, 1.807) is 32.1 Å². The van der Waals surface area contributed by atoms with Crippen molar-refractivity contribution in [3.63, 3.8) is 0 Å². The number of aliphatic carboxylic acids is 1. The summed E-state index contributed by atoms with van der Waals surface area (Å²) in [7, 11) is 0. The molecule has 0 unspecified atom stereocenters. The van der Waals surface area contributed by atoms with Crippen molar-refractivity contribution < 1.29 is 14.7 Å². The second-order valence-electron chi connectivity index (χ2n) is 5.93. The van der Waals surface area contributed by atoms with Crippen molar-refractivity contribution in [3.8, 4) is 0 Å². The van der Waals surface area contributed by atoms with Crippen molar-refractivity contribution in [2.75, 3.05) is 0 Å². The lowest BCUT2D eigenvalue weighted by Crippen LogP contribution is -1.97. The SMILES string of the molecule is CC(C)=CCCC(C)=CCC(=O)C(C)=CC=CC(C)=CC(=O)O. The van der Waals surface area contributed by atoms with Crippen LogP contribution in [0.2, 0.25) is 0 Å². The van der Waals surface area contributed by atoms with Gasteiger partial charge in [0.2, 0.25) is 0 Å². The first kappa shape index (κ1) is 20.8. The van der Waals surface area contributed by atoms with Crippen molar-refractivity contribution in [3.05, 3.63) is 58.7 Å². The lowest BCUT2D eigenvalue weighted by Gasteiger charge is -2.00. The Bertz CT molecular complexity index is 566. The molecule has 0 heterocycles. The summed E-state index contributed by atoms with van der Waals surface area (Å²) < 4.78 is 0. The number of rotatable bonds is 9. The maximum Gasteiger partial charge on any atom is 0.328 e. The van der Waals surface area contributed by atoms with Crippen molar-refractivity contribution in [2.45, 2.75) is 53.9 Å². The number of carboxylic acid groups (broad SMARTS) is 1. The standard InChI is InChI=1S/C20H28O3/c1-15(2)8-6-9-16(3)12-13-19(21)18(5)11-7-10-17(4)14-20(22)23/h7-8,10-12,14H,6,9,13H2,1-5H3,(H,22,23). The summed E-state index contributed by atoms with van der Waals surface area (Å²) in [5, 5.41) is 8.60. The Balaban J connectivity index is 4.49. The Kier molecular flexibility index (Phi) is 10.3. The van der Waals surface area contributed by atoms with Crippen LogP contribution in [-0.4, -0.2) is 16.9 Å². The Labute approximate surface area is 139 Å². The van der Waals surface area contributed by atoms with Gasteiger partial charge in [0.25, 0.3) is 0 Å². The number of carboxylic acids is 1. The van der Waals surface area contributed by atoms with E-state index < -0.39 is 5.97 Å². The third kappa shape index (κ3) is 12.1. The number of ketones is 1. The van der Waals surface area contributed by atoms with E-state index in [1.807, 2.05) is 13.0 Å². The van der Waals surface area contributed by atoms with Gasteiger partial charge in [0, 0.05) is 12.5 Å². The molecular formula is C20H28O3. The lowest BCUT2D eigenvalue weighted by atomic mass is 10.1. The maximum absolute atomic E-state index is 12.0. The van der Waals surface area contributed by atoms with Crippen LogP contribution < -0.4 is 0 Å². The molecule has 0 atom stereocenters. The highest BCUT2D eigenvalue weighted by molar-refractivity contribution is 5.96. The Hall–Kier alpha value is -2.16. The van der Waals surface area contributed by atoms with E-state index in [-0.39, 0.29) is 5.78 Å². The Morgan fingerprint density at radius 2 is 1.65 bits per heavy atom. The third-order valence-corrected chi connectivity index (χ3v) is 3.22. The predicted molar refractivity (Wildman–Crippen MR) is 96.3 cm³/mol. The second-order valence-corrected chi connectivity index (χ2v) is 5.93. The number of Topliss-reactive ketones (excluding diaryl/α,β-unsaturated/α-hetero) is 1. The van der Waals surface area contributed by atoms with Gasteiger partial charge in [-0.1, -0.05) is 41.5 Å². The molecule has 0 radical (unpaired) electrons. The topological polar surface area (TPSA) is 54.4 Å². The van der Waals surface area contributed by atoms with Gasteiger partial charge in [-0.2, -0.15) is 0 Å². The van der Waals surface area contributed by atoms with Crippen LogP contribution in [0.4, 0.5) is 0 Å². The molecule has 126 valence electrons. The number of hydrogen-bond acceptors (Lipinski definition) is 2. The van der Waals surface area contributed by atoms with Crippen LogP contribution in [-0.2, 0) is 9.59 Å². The average Bonchev–Trinajstić information content (AvgIpc) is 2.43. The van der Waals surface area contributed by atoms with Gasteiger partial charge in [0.05, 0.1) is 0 Å². The van der Waals surface area contributed by atoms with Crippen LogP contribution in [0.3, 0.4) is 0 Å². The van der Waals surface area contributed by atoms with E-state index >= 15 is 0 Å². The predicted octanol–water partition coefficient (Wildman–Crippen LogP) is 5.17. The number of carbonyl (C=O) groups is 2. The minimum Gasteiger partial charge on any atom is -0.478 e. The largest absolute Gasteiger partial charge is 0.478 e. The summed E-state index contributed by atoms with van der Waals surface area (Å²) in [6.45, 7) is 9.68. The van der Waals surface area contributed by atoms with Gasteiger partial charge in [-0.3, -0.25) is 4.79 Å². The monoisotopic (exact) mass is 316 g/mol.